The Kier molecular flexibility index (Phi) is 4.42. The molecule has 1 N–H and O–H groups in total. The van der Waals surface area contributed by atoms with Crippen LogP contribution in [0.3, 0.4) is 0 Å². The Morgan fingerprint density at radius 1 is 0.789 bits per heavy atom. The van der Waals surface area contributed by atoms with Crippen molar-refractivity contribution in [1.82, 2.24) is 0 Å². The molecular formula is C18H27N. The Morgan fingerprint density at radius 2 is 1.53 bits per heavy atom. The van der Waals surface area contributed by atoms with E-state index in [4.69, 9.17) is 0 Å². The summed E-state index contributed by atoms with van der Waals surface area (Å²) in [7, 11) is 0. The van der Waals surface area contributed by atoms with Gasteiger partial charge in [0.25, 0.3) is 0 Å². The zero-order valence-electron chi connectivity index (χ0n) is 12.1. The summed E-state index contributed by atoms with van der Waals surface area (Å²) in [4.78, 5) is 0. The van der Waals surface area contributed by atoms with Crippen molar-refractivity contribution in [1.29, 1.82) is 0 Å². The third-order valence-corrected chi connectivity index (χ3v) is 4.86. The molecule has 0 amide bonds. The zero-order valence-corrected chi connectivity index (χ0v) is 12.1. The third kappa shape index (κ3) is 3.32. The van der Waals surface area contributed by atoms with Crippen molar-refractivity contribution in [2.75, 3.05) is 5.32 Å². The number of nitrogens with one attached hydrogen (secondary N) is 1. The zero-order chi connectivity index (χ0) is 12.9. The van der Waals surface area contributed by atoms with E-state index in [2.05, 4.69) is 23.5 Å². The van der Waals surface area contributed by atoms with Gasteiger partial charge in [-0.15, -0.1) is 0 Å². The highest BCUT2D eigenvalue weighted by Crippen LogP contribution is 2.29. The van der Waals surface area contributed by atoms with E-state index in [9.17, 15) is 0 Å². The predicted molar refractivity (Wildman–Crippen MR) is 82.8 cm³/mol. The summed E-state index contributed by atoms with van der Waals surface area (Å²) in [6.07, 6.45) is 15.1. The molecule has 0 aliphatic heterocycles. The van der Waals surface area contributed by atoms with Gasteiger partial charge in [0.1, 0.15) is 0 Å². The minimum Gasteiger partial charge on any atom is -0.382 e. The van der Waals surface area contributed by atoms with E-state index in [-0.39, 0.29) is 0 Å². The molecule has 2 aliphatic rings. The van der Waals surface area contributed by atoms with Crippen LogP contribution in [0.25, 0.3) is 0 Å². The molecule has 104 valence electrons. The lowest BCUT2D eigenvalue weighted by molar-refractivity contribution is 0.619. The number of benzene rings is 1. The highest BCUT2D eigenvalue weighted by atomic mass is 14.9. The number of aryl methyl sites for hydroxylation is 1. The molecule has 0 unspecified atom stereocenters. The van der Waals surface area contributed by atoms with Crippen LogP contribution in [0.1, 0.15) is 68.9 Å². The molecule has 1 fully saturated rings. The third-order valence-electron chi connectivity index (χ3n) is 4.86. The molecule has 0 saturated heterocycles. The van der Waals surface area contributed by atoms with Crippen LogP contribution < -0.4 is 5.32 Å². The number of fused-ring (bicyclic) bond motifs is 1. The van der Waals surface area contributed by atoms with Gasteiger partial charge in [-0.1, -0.05) is 44.2 Å². The smallest absolute Gasteiger partial charge is 0.0377 e. The summed E-state index contributed by atoms with van der Waals surface area (Å²) < 4.78 is 0. The van der Waals surface area contributed by atoms with E-state index in [1.54, 1.807) is 11.1 Å². The van der Waals surface area contributed by atoms with Gasteiger partial charge in [-0.05, 0) is 55.7 Å². The molecule has 1 nitrogen and oxygen atoms in total. The summed E-state index contributed by atoms with van der Waals surface area (Å²) in [5.41, 5.74) is 4.69. The standard InChI is InChI=1S/C18H27N/c1-2-6-12-16(11-5-1)19-18-14-8-10-15-9-4-3-7-13-17(15)18/h8,10,14,16,19H,1-7,9,11-13H2. The normalized spacial score (nSPS) is 21.3. The number of anilines is 1. The van der Waals surface area contributed by atoms with Crippen molar-refractivity contribution in [2.24, 2.45) is 0 Å². The van der Waals surface area contributed by atoms with Crippen molar-refractivity contribution in [3.05, 3.63) is 29.3 Å². The van der Waals surface area contributed by atoms with Crippen molar-refractivity contribution in [3.63, 3.8) is 0 Å². The van der Waals surface area contributed by atoms with Crippen LogP contribution in [-0.2, 0) is 12.8 Å². The molecular weight excluding hydrogens is 230 g/mol. The Hall–Kier alpha value is -0.980. The largest absolute Gasteiger partial charge is 0.382 e. The van der Waals surface area contributed by atoms with Crippen LogP contribution in [0.5, 0.6) is 0 Å². The minimum absolute atomic E-state index is 0.720. The lowest BCUT2D eigenvalue weighted by Crippen LogP contribution is -2.19. The van der Waals surface area contributed by atoms with Gasteiger partial charge in [0.15, 0.2) is 0 Å². The fourth-order valence-corrected chi connectivity index (χ4v) is 3.74. The molecule has 0 atom stereocenters. The molecule has 1 aromatic carbocycles. The first kappa shape index (κ1) is 13.0. The van der Waals surface area contributed by atoms with Crippen molar-refractivity contribution in [3.8, 4) is 0 Å². The maximum absolute atomic E-state index is 3.88. The molecule has 2 aliphatic carbocycles. The molecule has 0 radical (unpaired) electrons. The Morgan fingerprint density at radius 3 is 2.37 bits per heavy atom. The second-order valence-electron chi connectivity index (χ2n) is 6.34. The maximum Gasteiger partial charge on any atom is 0.0377 e. The molecule has 0 bridgehead atoms. The minimum atomic E-state index is 0.720. The highest BCUT2D eigenvalue weighted by molar-refractivity contribution is 5.55. The summed E-state index contributed by atoms with van der Waals surface area (Å²) in [6, 6.07) is 7.63. The molecule has 1 aromatic rings. The second-order valence-corrected chi connectivity index (χ2v) is 6.34. The molecule has 1 heteroatoms. The van der Waals surface area contributed by atoms with Gasteiger partial charge in [0, 0.05) is 11.7 Å². The van der Waals surface area contributed by atoms with Gasteiger partial charge in [0.05, 0.1) is 0 Å². The SMILES string of the molecule is c1cc2c(c(NC3CCCCCC3)c1)CCCCC2. The molecule has 0 aromatic heterocycles. The topological polar surface area (TPSA) is 12.0 Å². The van der Waals surface area contributed by atoms with Crippen LogP contribution in [0.4, 0.5) is 5.69 Å². The summed E-state index contributed by atoms with van der Waals surface area (Å²) in [5.74, 6) is 0. The van der Waals surface area contributed by atoms with E-state index in [1.807, 2.05) is 0 Å². The predicted octanol–water partition coefficient (Wildman–Crippen LogP) is 5.09. The van der Waals surface area contributed by atoms with E-state index < -0.39 is 0 Å². The fraction of sp³-hybridized carbons (Fsp3) is 0.667. The number of rotatable bonds is 2. The second kappa shape index (κ2) is 6.45. The van der Waals surface area contributed by atoms with Crippen LogP contribution >= 0.6 is 0 Å². The number of hydrogen-bond acceptors (Lipinski definition) is 1. The van der Waals surface area contributed by atoms with Crippen LogP contribution in [0.2, 0.25) is 0 Å². The first-order valence-corrected chi connectivity index (χ1v) is 8.31. The van der Waals surface area contributed by atoms with Crippen molar-refractivity contribution < 1.29 is 0 Å². The molecule has 3 rings (SSSR count). The van der Waals surface area contributed by atoms with Crippen LogP contribution in [0.15, 0.2) is 18.2 Å². The molecule has 1 saturated carbocycles. The fourth-order valence-electron chi connectivity index (χ4n) is 3.74. The summed E-state index contributed by atoms with van der Waals surface area (Å²) >= 11 is 0. The van der Waals surface area contributed by atoms with Gasteiger partial charge in [-0.3, -0.25) is 0 Å². The monoisotopic (exact) mass is 257 g/mol. The van der Waals surface area contributed by atoms with E-state index in [0.29, 0.717) is 0 Å². The van der Waals surface area contributed by atoms with Gasteiger partial charge in [-0.2, -0.15) is 0 Å². The van der Waals surface area contributed by atoms with Gasteiger partial charge in [0.2, 0.25) is 0 Å². The number of hydrogen-bond donors (Lipinski definition) is 1. The summed E-state index contributed by atoms with van der Waals surface area (Å²) in [5, 5.41) is 3.88. The molecule has 0 heterocycles. The maximum atomic E-state index is 3.88. The van der Waals surface area contributed by atoms with Gasteiger partial charge in [-0.25, -0.2) is 0 Å². The van der Waals surface area contributed by atoms with E-state index >= 15 is 0 Å². The average molecular weight is 257 g/mol. The quantitative estimate of drug-likeness (QED) is 0.575. The average Bonchev–Trinajstić information content (AvgIpc) is 2.81. The summed E-state index contributed by atoms with van der Waals surface area (Å²) in [6.45, 7) is 0. The van der Waals surface area contributed by atoms with E-state index in [1.165, 1.54) is 76.3 Å². The Balaban J connectivity index is 1.76. The van der Waals surface area contributed by atoms with Gasteiger partial charge < -0.3 is 5.32 Å². The van der Waals surface area contributed by atoms with Crippen LogP contribution in [0, 0.1) is 0 Å². The van der Waals surface area contributed by atoms with E-state index in [0.717, 1.165) is 6.04 Å². The lowest BCUT2D eigenvalue weighted by Gasteiger charge is -2.21. The molecule has 19 heavy (non-hydrogen) atoms. The molecule has 0 spiro atoms. The highest BCUT2D eigenvalue weighted by Gasteiger charge is 2.16. The first-order chi connectivity index (χ1) is 9.43. The van der Waals surface area contributed by atoms with Crippen molar-refractivity contribution in [2.45, 2.75) is 76.7 Å². The Bertz CT molecular complexity index is 402. The lowest BCUT2D eigenvalue weighted by atomic mass is 9.99. The van der Waals surface area contributed by atoms with Gasteiger partial charge >= 0.3 is 0 Å². The van der Waals surface area contributed by atoms with Crippen molar-refractivity contribution >= 4 is 5.69 Å². The van der Waals surface area contributed by atoms with Crippen LogP contribution in [-0.4, -0.2) is 6.04 Å². The Labute approximate surface area is 117 Å². The first-order valence-electron chi connectivity index (χ1n) is 8.31.